The summed E-state index contributed by atoms with van der Waals surface area (Å²) < 4.78 is 5.99. The molecule has 8 atom stereocenters. The molecule has 2 aromatic rings. The van der Waals surface area contributed by atoms with Gasteiger partial charge in [0.15, 0.2) is 0 Å². The standard InChI is InChI=1S/C38H58N4O8/c1-22-16-31(23(2)24(3)38(22,5)6)40-37(48)34-33(25(4)46)32(21-45)50-42(34)20-26-10-9-11-30(35(26)49-8)27-17-28(36(47)39-7)19-29(18-27)41(12-14-43)13-15-44/h9-11,17-19,22-25,31-34,43-46H,12-16,20-21H2,1-8H3,(H,39,47)(H,40,48)/t22-,23+,24+,25+,31+,32+,33-,34+/m1/s1. The lowest BCUT2D eigenvalue weighted by Gasteiger charge is -2.50. The summed E-state index contributed by atoms with van der Waals surface area (Å²) in [4.78, 5) is 35.1. The van der Waals surface area contributed by atoms with E-state index in [4.69, 9.17) is 9.57 Å². The van der Waals surface area contributed by atoms with Gasteiger partial charge in [-0.25, -0.2) is 0 Å². The summed E-state index contributed by atoms with van der Waals surface area (Å²) in [5.41, 5.74) is 3.21. The zero-order valence-electron chi connectivity index (χ0n) is 30.8. The number of aliphatic hydroxyl groups is 4. The van der Waals surface area contributed by atoms with Crippen LogP contribution in [0, 0.1) is 29.1 Å². The molecular formula is C38H58N4O8. The topological polar surface area (TPSA) is 164 Å². The summed E-state index contributed by atoms with van der Waals surface area (Å²) in [5, 5.41) is 48.1. The molecule has 0 radical (unpaired) electrons. The molecule has 6 N–H and O–H groups in total. The first-order chi connectivity index (χ1) is 23.7. The van der Waals surface area contributed by atoms with E-state index in [9.17, 15) is 30.0 Å². The average Bonchev–Trinajstić information content (AvgIpc) is 3.47. The predicted molar refractivity (Wildman–Crippen MR) is 192 cm³/mol. The van der Waals surface area contributed by atoms with Gasteiger partial charge < -0.3 is 40.7 Å². The lowest BCUT2D eigenvalue weighted by molar-refractivity contribution is -0.182. The van der Waals surface area contributed by atoms with Gasteiger partial charge in [-0.15, -0.1) is 0 Å². The minimum absolute atomic E-state index is 0.0545. The summed E-state index contributed by atoms with van der Waals surface area (Å²) in [6.45, 7) is 12.8. The van der Waals surface area contributed by atoms with E-state index in [0.717, 1.165) is 6.42 Å². The summed E-state index contributed by atoms with van der Waals surface area (Å²) in [6, 6.07) is 10.00. The highest BCUT2D eigenvalue weighted by Gasteiger charge is 2.51. The van der Waals surface area contributed by atoms with Crippen molar-refractivity contribution < 1.29 is 39.6 Å². The normalized spacial score (nSPS) is 27.1. The Kier molecular flexibility index (Phi) is 13.3. The van der Waals surface area contributed by atoms with Crippen LogP contribution in [0.25, 0.3) is 11.1 Å². The first-order valence-corrected chi connectivity index (χ1v) is 17.8. The van der Waals surface area contributed by atoms with Crippen LogP contribution in [0.1, 0.15) is 63.9 Å². The van der Waals surface area contributed by atoms with E-state index in [1.54, 1.807) is 43.2 Å². The van der Waals surface area contributed by atoms with Gasteiger partial charge in [0, 0.05) is 54.5 Å². The Morgan fingerprint density at radius 2 is 1.78 bits per heavy atom. The molecule has 0 spiro atoms. The van der Waals surface area contributed by atoms with Crippen molar-refractivity contribution >= 4 is 17.5 Å². The summed E-state index contributed by atoms with van der Waals surface area (Å²) in [5.74, 6) is 0.258. The average molecular weight is 699 g/mol. The molecule has 1 saturated carbocycles. The molecule has 0 bridgehead atoms. The number of hydrogen-bond donors (Lipinski definition) is 6. The number of anilines is 1. The van der Waals surface area contributed by atoms with Crippen LogP contribution < -0.4 is 20.3 Å². The molecule has 0 unspecified atom stereocenters. The van der Waals surface area contributed by atoms with Gasteiger partial charge in [-0.05, 0) is 60.3 Å². The van der Waals surface area contributed by atoms with Gasteiger partial charge in [-0.3, -0.25) is 14.4 Å². The van der Waals surface area contributed by atoms with Crippen LogP contribution in [-0.4, -0.2) is 109 Å². The molecule has 0 aromatic heterocycles. The minimum atomic E-state index is -0.937. The Bertz CT molecular complexity index is 1460. The van der Waals surface area contributed by atoms with E-state index in [1.165, 1.54) is 0 Å². The summed E-state index contributed by atoms with van der Waals surface area (Å²) >= 11 is 0. The van der Waals surface area contributed by atoms with Gasteiger partial charge in [-0.1, -0.05) is 52.8 Å². The van der Waals surface area contributed by atoms with E-state index in [0.29, 0.717) is 45.5 Å². The van der Waals surface area contributed by atoms with Gasteiger partial charge in [0.1, 0.15) is 17.9 Å². The number of amides is 2. The molecule has 4 rings (SSSR count). The third kappa shape index (κ3) is 8.11. The second kappa shape index (κ2) is 16.8. The zero-order valence-corrected chi connectivity index (χ0v) is 30.8. The Labute approximate surface area is 296 Å². The molecule has 278 valence electrons. The van der Waals surface area contributed by atoms with Crippen LogP contribution in [0.4, 0.5) is 5.69 Å². The molecule has 1 aliphatic carbocycles. The fourth-order valence-electron chi connectivity index (χ4n) is 7.89. The van der Waals surface area contributed by atoms with Crippen molar-refractivity contribution in [2.45, 2.75) is 78.8 Å². The van der Waals surface area contributed by atoms with E-state index >= 15 is 0 Å². The number of benzene rings is 2. The number of carbonyl (C=O) groups excluding carboxylic acids is 2. The fraction of sp³-hybridized carbons (Fsp3) is 0.632. The lowest BCUT2D eigenvalue weighted by Crippen LogP contribution is -2.56. The first kappa shape index (κ1) is 39.5. The maximum Gasteiger partial charge on any atom is 0.251 e. The maximum atomic E-state index is 14.3. The SMILES string of the molecule is CNC(=O)c1cc(-c2cccc(CN3O[C@@H](CO)[C@@H]([C@H](C)O)[C@H]3C(=O)N[C@H]3C[C@@H](C)C(C)(C)[C@@H](C)[C@@H]3C)c2OC)cc(N(CCO)CCO)c1. The lowest BCUT2D eigenvalue weighted by atomic mass is 9.58. The van der Waals surface area contributed by atoms with E-state index in [2.05, 4.69) is 45.3 Å². The summed E-state index contributed by atoms with van der Waals surface area (Å²) in [6.07, 6.45) is -0.897. The van der Waals surface area contributed by atoms with Gasteiger partial charge in [0.2, 0.25) is 5.91 Å². The van der Waals surface area contributed by atoms with E-state index < -0.39 is 24.2 Å². The number of carbonyl (C=O) groups is 2. The molecule has 50 heavy (non-hydrogen) atoms. The molecule has 1 saturated heterocycles. The monoisotopic (exact) mass is 698 g/mol. The number of para-hydroxylation sites is 1. The van der Waals surface area contributed by atoms with Gasteiger partial charge in [-0.2, -0.15) is 5.06 Å². The highest BCUT2D eigenvalue weighted by atomic mass is 16.7. The van der Waals surface area contributed by atoms with Crippen molar-refractivity contribution in [2.24, 2.45) is 29.1 Å². The van der Waals surface area contributed by atoms with Gasteiger partial charge >= 0.3 is 0 Å². The predicted octanol–water partition coefficient (Wildman–Crippen LogP) is 2.81. The van der Waals surface area contributed by atoms with Crippen molar-refractivity contribution in [3.63, 3.8) is 0 Å². The van der Waals surface area contributed by atoms with Crippen molar-refractivity contribution in [3.05, 3.63) is 47.5 Å². The van der Waals surface area contributed by atoms with Gasteiger partial charge in [0.05, 0.1) is 39.6 Å². The quantitative estimate of drug-likeness (QED) is 0.173. The largest absolute Gasteiger partial charge is 0.496 e. The van der Waals surface area contributed by atoms with Crippen LogP contribution in [0.5, 0.6) is 5.75 Å². The van der Waals surface area contributed by atoms with Crippen LogP contribution in [-0.2, 0) is 16.2 Å². The Morgan fingerprint density at radius 3 is 2.36 bits per heavy atom. The van der Waals surface area contributed by atoms with Gasteiger partial charge in [0.25, 0.3) is 5.91 Å². The number of hydrogen-bond acceptors (Lipinski definition) is 10. The van der Waals surface area contributed by atoms with E-state index in [1.807, 2.05) is 24.3 Å². The molecule has 1 heterocycles. The van der Waals surface area contributed by atoms with E-state index in [-0.39, 0.29) is 68.6 Å². The number of hydroxylamine groups is 2. The van der Waals surface area contributed by atoms with Crippen LogP contribution in [0.15, 0.2) is 36.4 Å². The molecule has 12 nitrogen and oxygen atoms in total. The number of nitrogens with one attached hydrogen (secondary N) is 2. The Morgan fingerprint density at radius 1 is 1.10 bits per heavy atom. The molecule has 12 heteroatoms. The number of aliphatic hydroxyl groups excluding tert-OH is 4. The second-order valence-electron chi connectivity index (χ2n) is 14.7. The fourth-order valence-corrected chi connectivity index (χ4v) is 7.89. The maximum absolute atomic E-state index is 14.3. The Balaban J connectivity index is 1.73. The highest BCUT2D eigenvalue weighted by Crippen LogP contribution is 2.47. The number of nitrogens with zero attached hydrogens (tertiary/aromatic N) is 2. The van der Waals surface area contributed by atoms with Crippen molar-refractivity contribution in [1.82, 2.24) is 15.7 Å². The Hall–Kier alpha value is -3.26. The van der Waals surface area contributed by atoms with Crippen molar-refractivity contribution in [3.8, 4) is 16.9 Å². The smallest absolute Gasteiger partial charge is 0.251 e. The van der Waals surface area contributed by atoms with Crippen molar-refractivity contribution in [2.75, 3.05) is 52.0 Å². The minimum Gasteiger partial charge on any atom is -0.496 e. The molecule has 2 amide bonds. The molecule has 2 aliphatic rings. The first-order valence-electron chi connectivity index (χ1n) is 17.8. The van der Waals surface area contributed by atoms with Crippen molar-refractivity contribution in [1.29, 1.82) is 0 Å². The second-order valence-corrected chi connectivity index (χ2v) is 14.7. The molecule has 2 fully saturated rings. The number of ether oxygens (including phenoxy) is 1. The third-order valence-electron chi connectivity index (χ3n) is 11.6. The molecular weight excluding hydrogens is 640 g/mol. The molecule has 1 aliphatic heterocycles. The third-order valence-corrected chi connectivity index (χ3v) is 11.6. The zero-order chi connectivity index (χ0) is 36.9. The number of rotatable bonds is 14. The van der Waals surface area contributed by atoms with Crippen LogP contribution >= 0.6 is 0 Å². The summed E-state index contributed by atoms with van der Waals surface area (Å²) in [7, 11) is 3.10. The van der Waals surface area contributed by atoms with Crippen LogP contribution in [0.2, 0.25) is 0 Å². The molecule has 2 aromatic carbocycles. The highest BCUT2D eigenvalue weighted by molar-refractivity contribution is 5.97. The number of methoxy groups -OCH3 is 1. The van der Waals surface area contributed by atoms with Crippen LogP contribution in [0.3, 0.4) is 0 Å².